The van der Waals surface area contributed by atoms with Gasteiger partial charge in [-0.25, -0.2) is 4.98 Å². The topological polar surface area (TPSA) is 119 Å². The second-order valence-electron chi connectivity index (χ2n) is 6.97. The molecule has 1 aliphatic carbocycles. The number of ether oxygens (including phenoxy) is 1. The Morgan fingerprint density at radius 3 is 3.11 bits per heavy atom. The molecule has 0 spiro atoms. The fourth-order valence-corrected chi connectivity index (χ4v) is 3.33. The standard InChI is InChI=1S/C19H28N6O2/c1-2-10-27-16-11-13(5-6-15(16)20)19(26)22-9-7-17-23-18(25-24-17)14-4-3-8-21-12-14/h3-4,8,12-13,15-16H,2,5-7,9-11,20H2,1H3,(H,22,26)(H,23,24,25)/t13-,15+,16+/m0/s1. The molecule has 146 valence electrons. The van der Waals surface area contributed by atoms with Gasteiger partial charge in [0.25, 0.3) is 0 Å². The predicted octanol–water partition coefficient (Wildman–Crippen LogP) is 1.45. The van der Waals surface area contributed by atoms with Gasteiger partial charge in [0.2, 0.25) is 5.91 Å². The van der Waals surface area contributed by atoms with Crippen LogP contribution in [0.15, 0.2) is 24.5 Å². The van der Waals surface area contributed by atoms with Crippen LogP contribution in [-0.2, 0) is 16.0 Å². The second kappa shape index (κ2) is 9.57. The van der Waals surface area contributed by atoms with Crippen LogP contribution in [0.4, 0.5) is 0 Å². The highest BCUT2D eigenvalue weighted by molar-refractivity contribution is 5.78. The third kappa shape index (κ3) is 5.33. The molecule has 3 atom stereocenters. The summed E-state index contributed by atoms with van der Waals surface area (Å²) >= 11 is 0. The van der Waals surface area contributed by atoms with Crippen molar-refractivity contribution in [1.82, 2.24) is 25.5 Å². The molecule has 1 aliphatic rings. The van der Waals surface area contributed by atoms with Gasteiger partial charge in [-0.05, 0) is 37.8 Å². The number of aromatic nitrogens is 4. The van der Waals surface area contributed by atoms with Crippen molar-refractivity contribution in [2.24, 2.45) is 11.7 Å². The summed E-state index contributed by atoms with van der Waals surface area (Å²) in [6, 6.07) is 3.78. The average molecular weight is 372 g/mol. The van der Waals surface area contributed by atoms with Gasteiger partial charge in [0.15, 0.2) is 5.82 Å². The number of carbonyl (C=O) groups is 1. The number of rotatable bonds is 8. The number of pyridine rings is 1. The summed E-state index contributed by atoms with van der Waals surface area (Å²) in [5, 5.41) is 10.1. The predicted molar refractivity (Wildman–Crippen MR) is 102 cm³/mol. The van der Waals surface area contributed by atoms with Gasteiger partial charge >= 0.3 is 0 Å². The summed E-state index contributed by atoms with van der Waals surface area (Å²) in [5.41, 5.74) is 6.99. The maximum Gasteiger partial charge on any atom is 0.223 e. The molecule has 1 saturated carbocycles. The molecule has 3 rings (SSSR count). The van der Waals surface area contributed by atoms with Crippen LogP contribution in [0.2, 0.25) is 0 Å². The number of carbonyl (C=O) groups excluding carboxylic acids is 1. The lowest BCUT2D eigenvalue weighted by atomic mass is 9.83. The summed E-state index contributed by atoms with van der Waals surface area (Å²) in [6.07, 6.45) is 7.29. The van der Waals surface area contributed by atoms with E-state index in [-0.39, 0.29) is 24.0 Å². The first-order chi connectivity index (χ1) is 13.2. The van der Waals surface area contributed by atoms with Crippen molar-refractivity contribution in [2.75, 3.05) is 13.2 Å². The first-order valence-corrected chi connectivity index (χ1v) is 9.64. The van der Waals surface area contributed by atoms with E-state index in [1.807, 2.05) is 12.1 Å². The number of hydrogen-bond acceptors (Lipinski definition) is 6. The van der Waals surface area contributed by atoms with E-state index in [0.717, 1.165) is 30.7 Å². The number of H-pyrrole nitrogens is 1. The van der Waals surface area contributed by atoms with Gasteiger partial charge in [-0.2, -0.15) is 5.10 Å². The Morgan fingerprint density at radius 2 is 2.33 bits per heavy atom. The molecule has 0 radical (unpaired) electrons. The van der Waals surface area contributed by atoms with E-state index in [1.54, 1.807) is 12.4 Å². The summed E-state index contributed by atoms with van der Waals surface area (Å²) in [5.74, 6) is 1.39. The minimum atomic E-state index is -0.0349. The Hall–Kier alpha value is -2.32. The van der Waals surface area contributed by atoms with Gasteiger partial charge < -0.3 is 15.8 Å². The van der Waals surface area contributed by atoms with Crippen LogP contribution in [0.1, 0.15) is 38.4 Å². The number of nitrogens with zero attached hydrogens (tertiary/aromatic N) is 3. The first-order valence-electron chi connectivity index (χ1n) is 9.64. The molecule has 0 saturated heterocycles. The molecule has 0 aromatic carbocycles. The summed E-state index contributed by atoms with van der Waals surface area (Å²) in [7, 11) is 0. The monoisotopic (exact) mass is 372 g/mol. The van der Waals surface area contributed by atoms with E-state index in [9.17, 15) is 4.79 Å². The van der Waals surface area contributed by atoms with Crippen molar-refractivity contribution in [3.05, 3.63) is 30.4 Å². The Kier molecular flexibility index (Phi) is 6.89. The Balaban J connectivity index is 1.45. The number of nitrogens with two attached hydrogens (primary N) is 1. The van der Waals surface area contributed by atoms with E-state index >= 15 is 0 Å². The largest absolute Gasteiger partial charge is 0.377 e. The molecule has 0 unspecified atom stereocenters. The Bertz CT molecular complexity index is 720. The van der Waals surface area contributed by atoms with Crippen molar-refractivity contribution in [2.45, 2.75) is 51.2 Å². The molecular weight excluding hydrogens is 344 g/mol. The lowest BCUT2D eigenvalue weighted by molar-refractivity contribution is -0.128. The summed E-state index contributed by atoms with van der Waals surface area (Å²) in [4.78, 5) is 21.0. The third-order valence-electron chi connectivity index (χ3n) is 4.86. The minimum Gasteiger partial charge on any atom is -0.377 e. The molecule has 2 aromatic rings. The van der Waals surface area contributed by atoms with Crippen molar-refractivity contribution in [3.8, 4) is 11.4 Å². The van der Waals surface area contributed by atoms with Gasteiger partial charge in [-0.3, -0.25) is 14.9 Å². The highest BCUT2D eigenvalue weighted by atomic mass is 16.5. The third-order valence-corrected chi connectivity index (χ3v) is 4.86. The molecule has 0 aliphatic heterocycles. The van der Waals surface area contributed by atoms with Crippen LogP contribution < -0.4 is 11.1 Å². The van der Waals surface area contributed by atoms with Crippen LogP contribution in [0.5, 0.6) is 0 Å². The number of hydrogen-bond donors (Lipinski definition) is 3. The van der Waals surface area contributed by atoms with E-state index in [2.05, 4.69) is 32.4 Å². The van der Waals surface area contributed by atoms with Crippen molar-refractivity contribution in [3.63, 3.8) is 0 Å². The zero-order valence-electron chi connectivity index (χ0n) is 15.7. The molecule has 27 heavy (non-hydrogen) atoms. The van der Waals surface area contributed by atoms with Gasteiger partial charge in [-0.1, -0.05) is 6.92 Å². The average Bonchev–Trinajstić information content (AvgIpc) is 3.17. The zero-order chi connectivity index (χ0) is 19.1. The fraction of sp³-hybridized carbons (Fsp3) is 0.579. The molecule has 8 nitrogen and oxygen atoms in total. The van der Waals surface area contributed by atoms with Gasteiger partial charge in [-0.15, -0.1) is 0 Å². The number of amides is 1. The first kappa shape index (κ1) is 19.4. The molecule has 1 fully saturated rings. The van der Waals surface area contributed by atoms with Crippen LogP contribution in [0.3, 0.4) is 0 Å². The normalized spacial score (nSPS) is 22.5. The van der Waals surface area contributed by atoms with Gasteiger partial charge in [0.1, 0.15) is 5.82 Å². The van der Waals surface area contributed by atoms with Crippen LogP contribution in [0, 0.1) is 5.92 Å². The molecule has 1 amide bonds. The molecule has 8 heteroatoms. The number of nitrogens with one attached hydrogen (secondary N) is 2. The van der Waals surface area contributed by atoms with Gasteiger partial charge in [0, 0.05) is 49.5 Å². The molecule has 0 bridgehead atoms. The maximum absolute atomic E-state index is 12.5. The van der Waals surface area contributed by atoms with Gasteiger partial charge in [0.05, 0.1) is 6.10 Å². The maximum atomic E-state index is 12.5. The highest BCUT2D eigenvalue weighted by Gasteiger charge is 2.32. The Labute approximate surface area is 159 Å². The minimum absolute atomic E-state index is 0.0224. The quantitative estimate of drug-likeness (QED) is 0.645. The highest BCUT2D eigenvalue weighted by Crippen LogP contribution is 2.26. The van der Waals surface area contributed by atoms with Crippen LogP contribution in [-0.4, -0.2) is 51.4 Å². The van der Waals surface area contributed by atoms with Crippen molar-refractivity contribution in [1.29, 1.82) is 0 Å². The van der Waals surface area contributed by atoms with E-state index in [1.165, 1.54) is 0 Å². The SMILES string of the molecule is CCCO[C@@H]1C[C@@H](C(=O)NCCc2nc(-c3cccnc3)n[nH]2)CC[C@H]1N. The lowest BCUT2D eigenvalue weighted by Gasteiger charge is -2.33. The lowest BCUT2D eigenvalue weighted by Crippen LogP contribution is -2.46. The van der Waals surface area contributed by atoms with Crippen molar-refractivity contribution >= 4 is 5.91 Å². The molecule has 2 aromatic heterocycles. The molecule has 2 heterocycles. The Morgan fingerprint density at radius 1 is 1.44 bits per heavy atom. The van der Waals surface area contributed by atoms with E-state index in [4.69, 9.17) is 10.5 Å². The zero-order valence-corrected chi connectivity index (χ0v) is 15.7. The second-order valence-corrected chi connectivity index (χ2v) is 6.97. The van der Waals surface area contributed by atoms with Crippen molar-refractivity contribution < 1.29 is 9.53 Å². The van der Waals surface area contributed by atoms with E-state index < -0.39 is 0 Å². The summed E-state index contributed by atoms with van der Waals surface area (Å²) < 4.78 is 5.81. The number of aromatic amines is 1. The van der Waals surface area contributed by atoms with E-state index in [0.29, 0.717) is 31.8 Å². The smallest absolute Gasteiger partial charge is 0.223 e. The summed E-state index contributed by atoms with van der Waals surface area (Å²) in [6.45, 7) is 3.28. The fourth-order valence-electron chi connectivity index (χ4n) is 3.33. The van der Waals surface area contributed by atoms with Crippen LogP contribution >= 0.6 is 0 Å². The molecule has 4 N–H and O–H groups in total. The van der Waals surface area contributed by atoms with Crippen LogP contribution in [0.25, 0.3) is 11.4 Å². The molecular formula is C19H28N6O2.